The maximum absolute atomic E-state index is 10.1. The summed E-state index contributed by atoms with van der Waals surface area (Å²) in [6, 6.07) is 0. The van der Waals surface area contributed by atoms with Gasteiger partial charge in [0.25, 0.3) is 0 Å². The first kappa shape index (κ1) is 7.32. The number of carboxylic acids is 1. The average molecular weight is 139 g/mol. The maximum Gasteiger partial charge on any atom is 0.0454 e. The fraction of sp³-hybridized carbons (Fsp3) is 0.625. The van der Waals surface area contributed by atoms with E-state index in [-0.39, 0.29) is 6.42 Å². The summed E-state index contributed by atoms with van der Waals surface area (Å²) in [4.78, 5) is 10.1. The van der Waals surface area contributed by atoms with Gasteiger partial charge in [0, 0.05) is 12.4 Å². The lowest BCUT2D eigenvalue weighted by Crippen LogP contribution is -2.22. The highest BCUT2D eigenvalue weighted by molar-refractivity contribution is 5.67. The Morgan fingerprint density at radius 2 is 2.40 bits per heavy atom. The van der Waals surface area contributed by atoms with Crippen LogP contribution in [-0.4, -0.2) is 5.97 Å². The largest absolute Gasteiger partial charge is 0.550 e. The van der Waals surface area contributed by atoms with Crippen LogP contribution in [0.1, 0.15) is 32.1 Å². The molecule has 1 aliphatic rings. The quantitative estimate of drug-likeness (QED) is 0.526. The lowest BCUT2D eigenvalue weighted by atomic mass is 9.97. The Balaban J connectivity index is 2.38. The summed E-state index contributed by atoms with van der Waals surface area (Å²) in [5, 5.41) is 10.1. The molecule has 0 radical (unpaired) electrons. The van der Waals surface area contributed by atoms with Crippen LogP contribution in [0.4, 0.5) is 0 Å². The molecule has 0 saturated carbocycles. The Morgan fingerprint density at radius 3 is 2.90 bits per heavy atom. The average Bonchev–Trinajstić information content (AvgIpc) is 1.88. The first-order chi connectivity index (χ1) is 4.79. The molecule has 0 fully saturated rings. The van der Waals surface area contributed by atoms with Gasteiger partial charge in [-0.05, 0) is 25.7 Å². The van der Waals surface area contributed by atoms with Crippen molar-refractivity contribution in [2.75, 3.05) is 0 Å². The molecule has 2 heteroatoms. The highest BCUT2D eigenvalue weighted by Crippen LogP contribution is 2.19. The number of aliphatic carboxylic acids is 1. The van der Waals surface area contributed by atoms with Crippen LogP contribution < -0.4 is 5.11 Å². The van der Waals surface area contributed by atoms with Crippen LogP contribution in [0.5, 0.6) is 0 Å². The summed E-state index contributed by atoms with van der Waals surface area (Å²) in [5.41, 5.74) is 1.05. The zero-order chi connectivity index (χ0) is 7.40. The van der Waals surface area contributed by atoms with Crippen LogP contribution in [0.25, 0.3) is 0 Å². The molecule has 0 heterocycles. The molecule has 0 aromatic heterocycles. The highest BCUT2D eigenvalue weighted by Gasteiger charge is 2.02. The van der Waals surface area contributed by atoms with Crippen molar-refractivity contribution in [1.82, 2.24) is 0 Å². The summed E-state index contributed by atoms with van der Waals surface area (Å²) in [6.07, 6.45) is 6.51. The van der Waals surface area contributed by atoms with Crippen LogP contribution in [-0.2, 0) is 4.79 Å². The summed E-state index contributed by atoms with van der Waals surface area (Å²) >= 11 is 0. The minimum absolute atomic E-state index is 0.139. The van der Waals surface area contributed by atoms with E-state index in [0.29, 0.717) is 0 Å². The normalized spacial score (nSPS) is 18.2. The number of carbonyl (C=O) groups is 1. The third-order valence-electron chi connectivity index (χ3n) is 1.76. The fourth-order valence-corrected chi connectivity index (χ4v) is 1.25. The Bertz CT molecular complexity index is 159. The van der Waals surface area contributed by atoms with Crippen molar-refractivity contribution in [3.63, 3.8) is 0 Å². The van der Waals surface area contributed by atoms with E-state index in [4.69, 9.17) is 0 Å². The number of hydrogen-bond acceptors (Lipinski definition) is 2. The molecule has 0 bridgehead atoms. The molecule has 1 rings (SSSR count). The van der Waals surface area contributed by atoms with Crippen molar-refractivity contribution < 1.29 is 9.90 Å². The Labute approximate surface area is 60.6 Å². The predicted molar refractivity (Wildman–Crippen MR) is 36.2 cm³/mol. The molecule has 0 atom stereocenters. The van der Waals surface area contributed by atoms with Crippen LogP contribution in [0.3, 0.4) is 0 Å². The molecular formula is C8H11O2-. The predicted octanol–water partition coefficient (Wildman–Crippen LogP) is 0.627. The highest BCUT2D eigenvalue weighted by atomic mass is 16.4. The van der Waals surface area contributed by atoms with Crippen molar-refractivity contribution >= 4 is 5.97 Å². The molecule has 0 aromatic carbocycles. The van der Waals surface area contributed by atoms with Gasteiger partial charge in [-0.15, -0.1) is 0 Å². The SMILES string of the molecule is O=C([O-])CC1=CCCCC1. The van der Waals surface area contributed by atoms with Crippen molar-refractivity contribution in [3.05, 3.63) is 11.6 Å². The Morgan fingerprint density at radius 1 is 1.60 bits per heavy atom. The van der Waals surface area contributed by atoms with Gasteiger partial charge in [0.2, 0.25) is 0 Å². The molecule has 56 valence electrons. The van der Waals surface area contributed by atoms with Crippen molar-refractivity contribution in [3.8, 4) is 0 Å². The van der Waals surface area contributed by atoms with E-state index in [2.05, 4.69) is 0 Å². The van der Waals surface area contributed by atoms with Gasteiger partial charge in [0.15, 0.2) is 0 Å². The molecule has 10 heavy (non-hydrogen) atoms. The van der Waals surface area contributed by atoms with Crippen LogP contribution in [0, 0.1) is 0 Å². The summed E-state index contributed by atoms with van der Waals surface area (Å²) in [5.74, 6) is -0.951. The van der Waals surface area contributed by atoms with E-state index in [1.807, 2.05) is 6.08 Å². The first-order valence-electron chi connectivity index (χ1n) is 3.67. The van der Waals surface area contributed by atoms with Gasteiger partial charge >= 0.3 is 0 Å². The van der Waals surface area contributed by atoms with Crippen LogP contribution in [0.15, 0.2) is 11.6 Å². The van der Waals surface area contributed by atoms with E-state index in [1.54, 1.807) is 0 Å². The fourth-order valence-electron chi connectivity index (χ4n) is 1.25. The standard InChI is InChI=1S/C8H12O2/c9-8(10)6-7-4-2-1-3-5-7/h4H,1-3,5-6H2,(H,9,10)/p-1. The van der Waals surface area contributed by atoms with E-state index in [9.17, 15) is 9.90 Å². The van der Waals surface area contributed by atoms with Crippen molar-refractivity contribution in [1.29, 1.82) is 0 Å². The van der Waals surface area contributed by atoms with Crippen LogP contribution in [0.2, 0.25) is 0 Å². The van der Waals surface area contributed by atoms with E-state index < -0.39 is 5.97 Å². The van der Waals surface area contributed by atoms with E-state index >= 15 is 0 Å². The van der Waals surface area contributed by atoms with Gasteiger partial charge in [-0.1, -0.05) is 11.6 Å². The third-order valence-corrected chi connectivity index (χ3v) is 1.76. The Kier molecular flexibility index (Phi) is 2.49. The van der Waals surface area contributed by atoms with Gasteiger partial charge in [-0.2, -0.15) is 0 Å². The molecule has 0 unspecified atom stereocenters. The van der Waals surface area contributed by atoms with Crippen molar-refractivity contribution in [2.45, 2.75) is 32.1 Å². The molecular weight excluding hydrogens is 128 g/mol. The first-order valence-corrected chi connectivity index (χ1v) is 3.67. The van der Waals surface area contributed by atoms with Gasteiger partial charge in [-0.3, -0.25) is 0 Å². The van der Waals surface area contributed by atoms with Gasteiger partial charge < -0.3 is 9.90 Å². The molecule has 2 nitrogen and oxygen atoms in total. The maximum atomic E-state index is 10.1. The monoisotopic (exact) mass is 139 g/mol. The third kappa shape index (κ3) is 2.21. The lowest BCUT2D eigenvalue weighted by Gasteiger charge is -2.12. The topological polar surface area (TPSA) is 40.1 Å². The molecule has 0 aromatic rings. The summed E-state index contributed by atoms with van der Waals surface area (Å²) in [7, 11) is 0. The second-order valence-corrected chi connectivity index (χ2v) is 2.66. The zero-order valence-electron chi connectivity index (χ0n) is 5.93. The molecule has 1 aliphatic carbocycles. The lowest BCUT2D eigenvalue weighted by molar-refractivity contribution is -0.304. The summed E-state index contributed by atoms with van der Waals surface area (Å²) in [6.45, 7) is 0. The zero-order valence-corrected chi connectivity index (χ0v) is 5.93. The smallest absolute Gasteiger partial charge is 0.0454 e. The number of carboxylic acid groups (broad SMARTS) is 1. The molecule has 0 N–H and O–H groups in total. The van der Waals surface area contributed by atoms with Crippen LogP contribution >= 0.6 is 0 Å². The minimum atomic E-state index is -0.951. The molecule has 0 amide bonds. The molecule has 0 aliphatic heterocycles. The Hall–Kier alpha value is -0.790. The summed E-state index contributed by atoms with van der Waals surface area (Å²) < 4.78 is 0. The number of rotatable bonds is 2. The van der Waals surface area contributed by atoms with Gasteiger partial charge in [0.1, 0.15) is 0 Å². The van der Waals surface area contributed by atoms with E-state index in [0.717, 1.165) is 24.8 Å². The molecule has 0 saturated heterocycles. The number of hydrogen-bond donors (Lipinski definition) is 0. The van der Waals surface area contributed by atoms with Gasteiger partial charge in [-0.25, -0.2) is 0 Å². The second-order valence-electron chi connectivity index (χ2n) is 2.66. The van der Waals surface area contributed by atoms with E-state index in [1.165, 1.54) is 6.42 Å². The molecule has 0 spiro atoms. The van der Waals surface area contributed by atoms with Gasteiger partial charge in [0.05, 0.1) is 0 Å². The van der Waals surface area contributed by atoms with Crippen molar-refractivity contribution in [2.24, 2.45) is 0 Å². The second kappa shape index (κ2) is 3.40. The minimum Gasteiger partial charge on any atom is -0.550 e. The number of carbonyl (C=O) groups excluding carboxylic acids is 1. The number of allylic oxidation sites excluding steroid dienone is 1.